The van der Waals surface area contributed by atoms with Gasteiger partial charge < -0.3 is 20.3 Å². The predicted octanol–water partition coefficient (Wildman–Crippen LogP) is 19.4. The number of aliphatic hydroxyl groups excluding tert-OH is 2. The molecule has 0 rings (SSSR count). The maximum Gasteiger partial charge on any atom is 0.305 e. The maximum atomic E-state index is 12.4. The molecule has 69 heavy (non-hydrogen) atoms. The lowest BCUT2D eigenvalue weighted by Gasteiger charge is -2.22. The first-order chi connectivity index (χ1) is 34.0. The van der Waals surface area contributed by atoms with Crippen LogP contribution in [0.15, 0.2) is 24.3 Å². The lowest BCUT2D eigenvalue weighted by Crippen LogP contribution is -2.45. The largest absolute Gasteiger partial charge is 0.466 e. The van der Waals surface area contributed by atoms with Crippen molar-refractivity contribution in [3.63, 3.8) is 0 Å². The number of nitrogens with one attached hydrogen (secondary N) is 1. The molecule has 0 saturated heterocycles. The molecule has 0 fully saturated rings. The second-order valence-electron chi connectivity index (χ2n) is 21.4. The van der Waals surface area contributed by atoms with Gasteiger partial charge in [0, 0.05) is 12.8 Å². The molecule has 3 N–H and O–H groups in total. The van der Waals surface area contributed by atoms with E-state index in [9.17, 15) is 19.8 Å². The Hall–Kier alpha value is -1.66. The van der Waals surface area contributed by atoms with Crippen molar-refractivity contribution in [1.82, 2.24) is 5.32 Å². The molecule has 0 aliphatic heterocycles. The van der Waals surface area contributed by atoms with Gasteiger partial charge in [-0.3, -0.25) is 9.59 Å². The van der Waals surface area contributed by atoms with Gasteiger partial charge in [0.25, 0.3) is 0 Å². The van der Waals surface area contributed by atoms with E-state index in [4.69, 9.17) is 4.74 Å². The van der Waals surface area contributed by atoms with Gasteiger partial charge in [-0.25, -0.2) is 0 Å². The van der Waals surface area contributed by atoms with Gasteiger partial charge in [0.1, 0.15) is 0 Å². The predicted molar refractivity (Wildman–Crippen MR) is 301 cm³/mol. The van der Waals surface area contributed by atoms with E-state index in [0.29, 0.717) is 25.9 Å². The number of unbranched alkanes of at least 4 members (excludes halogenated alkanes) is 43. The van der Waals surface area contributed by atoms with Crippen LogP contribution >= 0.6 is 0 Å². The van der Waals surface area contributed by atoms with Crippen LogP contribution in [0.4, 0.5) is 0 Å². The van der Waals surface area contributed by atoms with Crippen molar-refractivity contribution in [3.05, 3.63) is 24.3 Å². The van der Waals surface area contributed by atoms with Crippen LogP contribution in [0.3, 0.4) is 0 Å². The van der Waals surface area contributed by atoms with Gasteiger partial charge in [-0.05, 0) is 51.4 Å². The molecular formula is C63H121NO5. The topological polar surface area (TPSA) is 95.9 Å². The van der Waals surface area contributed by atoms with Gasteiger partial charge in [-0.15, -0.1) is 0 Å². The van der Waals surface area contributed by atoms with Crippen LogP contribution in [-0.2, 0) is 14.3 Å². The molecule has 0 aliphatic rings. The number of carbonyl (C=O) groups is 2. The highest BCUT2D eigenvalue weighted by Gasteiger charge is 2.20. The number of allylic oxidation sites excluding steroid dienone is 4. The van der Waals surface area contributed by atoms with Crippen molar-refractivity contribution in [2.75, 3.05) is 13.2 Å². The molecule has 0 saturated carbocycles. The van der Waals surface area contributed by atoms with E-state index < -0.39 is 12.1 Å². The Morgan fingerprint density at radius 2 is 0.754 bits per heavy atom. The van der Waals surface area contributed by atoms with Crippen LogP contribution in [0.5, 0.6) is 0 Å². The highest BCUT2D eigenvalue weighted by molar-refractivity contribution is 5.76. The van der Waals surface area contributed by atoms with Crippen LogP contribution in [0.1, 0.15) is 341 Å². The second kappa shape index (κ2) is 58.9. The minimum Gasteiger partial charge on any atom is -0.466 e. The molecule has 0 bridgehead atoms. The zero-order valence-corrected chi connectivity index (χ0v) is 46.6. The minimum atomic E-state index is -0.658. The van der Waals surface area contributed by atoms with Crippen LogP contribution in [0, 0.1) is 0 Å². The lowest BCUT2D eigenvalue weighted by atomic mass is 10.0. The molecule has 0 aliphatic carbocycles. The van der Waals surface area contributed by atoms with Crippen molar-refractivity contribution in [1.29, 1.82) is 0 Å². The first-order valence-electron chi connectivity index (χ1n) is 31.1. The number of rotatable bonds is 58. The fourth-order valence-corrected chi connectivity index (χ4v) is 9.74. The monoisotopic (exact) mass is 972 g/mol. The van der Waals surface area contributed by atoms with Crippen molar-refractivity contribution in [3.8, 4) is 0 Å². The fraction of sp³-hybridized carbons (Fsp3) is 0.905. The summed E-state index contributed by atoms with van der Waals surface area (Å²) >= 11 is 0. The summed E-state index contributed by atoms with van der Waals surface area (Å²) in [5.74, 6) is -0.0277. The quantitative estimate of drug-likeness (QED) is 0.0321. The first kappa shape index (κ1) is 67.3. The maximum absolute atomic E-state index is 12.4. The molecule has 0 aromatic heterocycles. The summed E-state index contributed by atoms with van der Waals surface area (Å²) in [5, 5.41) is 23.1. The Balaban J connectivity index is 3.30. The number of carbonyl (C=O) groups excluding carboxylic acids is 2. The SMILES string of the molecule is CCC/C=C\C/C=C\CCCCCCCC(=O)OCCCCCCCCCCCCCCCCCCCCCCCCCCCCCCCCC(=O)NC(CO)C(O)CCCCCCCCCCC. The fourth-order valence-electron chi connectivity index (χ4n) is 9.74. The molecule has 0 radical (unpaired) electrons. The molecule has 0 aromatic rings. The summed E-state index contributed by atoms with van der Waals surface area (Å²) in [6.07, 6.45) is 72.2. The van der Waals surface area contributed by atoms with Crippen LogP contribution in [-0.4, -0.2) is 47.4 Å². The Morgan fingerprint density at radius 1 is 0.406 bits per heavy atom. The number of amides is 1. The first-order valence-corrected chi connectivity index (χ1v) is 31.1. The molecule has 408 valence electrons. The minimum absolute atomic E-state index is 0.00471. The lowest BCUT2D eigenvalue weighted by molar-refractivity contribution is -0.143. The third-order valence-electron chi connectivity index (χ3n) is 14.5. The van der Waals surface area contributed by atoms with E-state index in [1.165, 1.54) is 257 Å². The Labute approximate surface area is 431 Å². The number of aliphatic hydroxyl groups is 2. The van der Waals surface area contributed by atoms with Gasteiger partial charge in [-0.1, -0.05) is 301 Å². The van der Waals surface area contributed by atoms with E-state index >= 15 is 0 Å². The van der Waals surface area contributed by atoms with E-state index in [2.05, 4.69) is 43.5 Å². The highest BCUT2D eigenvalue weighted by atomic mass is 16.5. The van der Waals surface area contributed by atoms with E-state index in [0.717, 1.165) is 51.4 Å². The van der Waals surface area contributed by atoms with Gasteiger partial charge in [0.05, 0.1) is 25.4 Å². The van der Waals surface area contributed by atoms with Crippen molar-refractivity contribution in [2.24, 2.45) is 0 Å². The van der Waals surface area contributed by atoms with Crippen LogP contribution in [0.25, 0.3) is 0 Å². The average Bonchev–Trinajstić information content (AvgIpc) is 3.35. The molecule has 2 atom stereocenters. The smallest absolute Gasteiger partial charge is 0.305 e. The molecule has 2 unspecified atom stereocenters. The number of hydrogen-bond acceptors (Lipinski definition) is 5. The Kier molecular flexibility index (Phi) is 57.5. The average molecular weight is 973 g/mol. The summed E-state index contributed by atoms with van der Waals surface area (Å²) in [5.41, 5.74) is 0. The standard InChI is InChI=1S/C63H121NO5/c1-3-5-7-9-11-13-14-33-37-41-45-49-53-57-63(68)69-58-54-50-46-42-38-35-32-30-28-26-24-22-20-18-16-15-17-19-21-23-25-27-29-31-34-36-40-44-48-52-56-62(67)64-60(59-65)61(66)55-51-47-43-39-12-10-8-6-4-2/h7,9,13-14,60-61,65-66H,3-6,8,10-12,15-59H2,1-2H3,(H,64,67)/b9-7-,14-13-. The van der Waals surface area contributed by atoms with Gasteiger partial charge in [-0.2, -0.15) is 0 Å². The molecule has 1 amide bonds. The molecular weight excluding hydrogens is 851 g/mol. The molecule has 6 heteroatoms. The number of ether oxygens (including phenoxy) is 1. The third kappa shape index (κ3) is 55.5. The summed E-state index contributed by atoms with van der Waals surface area (Å²) in [7, 11) is 0. The molecule has 0 spiro atoms. The summed E-state index contributed by atoms with van der Waals surface area (Å²) < 4.78 is 5.47. The number of esters is 1. The van der Waals surface area contributed by atoms with Crippen LogP contribution in [0.2, 0.25) is 0 Å². The third-order valence-corrected chi connectivity index (χ3v) is 14.5. The molecule has 0 aromatic carbocycles. The normalized spacial score (nSPS) is 12.7. The van der Waals surface area contributed by atoms with Crippen LogP contribution < -0.4 is 5.32 Å². The van der Waals surface area contributed by atoms with Gasteiger partial charge in [0.2, 0.25) is 5.91 Å². The summed E-state index contributed by atoms with van der Waals surface area (Å²) in [6, 6.07) is -0.535. The Bertz CT molecular complexity index is 1080. The zero-order chi connectivity index (χ0) is 50.0. The second-order valence-corrected chi connectivity index (χ2v) is 21.4. The molecule has 6 nitrogen and oxygen atoms in total. The van der Waals surface area contributed by atoms with E-state index in [1.54, 1.807) is 0 Å². The molecule has 0 heterocycles. The number of hydrogen-bond donors (Lipinski definition) is 3. The zero-order valence-electron chi connectivity index (χ0n) is 46.6. The van der Waals surface area contributed by atoms with E-state index in [1.807, 2.05) is 0 Å². The van der Waals surface area contributed by atoms with Crippen molar-refractivity contribution < 1.29 is 24.5 Å². The summed E-state index contributed by atoms with van der Waals surface area (Å²) in [4.78, 5) is 24.4. The highest BCUT2D eigenvalue weighted by Crippen LogP contribution is 2.18. The Morgan fingerprint density at radius 3 is 1.16 bits per heavy atom. The van der Waals surface area contributed by atoms with E-state index in [-0.39, 0.29) is 18.5 Å². The van der Waals surface area contributed by atoms with Crippen molar-refractivity contribution >= 4 is 11.9 Å². The van der Waals surface area contributed by atoms with Gasteiger partial charge >= 0.3 is 5.97 Å². The van der Waals surface area contributed by atoms with Gasteiger partial charge in [0.15, 0.2) is 0 Å². The summed E-state index contributed by atoms with van der Waals surface area (Å²) in [6.45, 7) is 4.88. The van der Waals surface area contributed by atoms with Crippen molar-refractivity contribution in [2.45, 2.75) is 353 Å².